The maximum absolute atomic E-state index is 5.44. The van der Waals surface area contributed by atoms with E-state index >= 15 is 0 Å². The van der Waals surface area contributed by atoms with Crippen molar-refractivity contribution in [1.29, 1.82) is 0 Å². The SMILES string of the molecule is CCCCOCCNCc1nc(C)cs1. The third-order valence-electron chi connectivity index (χ3n) is 2.01. The highest BCUT2D eigenvalue weighted by atomic mass is 32.1. The predicted molar refractivity (Wildman–Crippen MR) is 64.3 cm³/mol. The van der Waals surface area contributed by atoms with Crippen LogP contribution in [0.25, 0.3) is 0 Å². The lowest BCUT2D eigenvalue weighted by atomic mass is 10.4. The fraction of sp³-hybridized carbons (Fsp3) is 0.727. The average molecular weight is 228 g/mol. The van der Waals surface area contributed by atoms with Crippen LogP contribution in [0.2, 0.25) is 0 Å². The van der Waals surface area contributed by atoms with Crippen molar-refractivity contribution in [2.75, 3.05) is 19.8 Å². The Kier molecular flexibility index (Phi) is 6.55. The van der Waals surface area contributed by atoms with E-state index in [1.54, 1.807) is 11.3 Å². The van der Waals surface area contributed by atoms with Gasteiger partial charge in [0.15, 0.2) is 0 Å². The Morgan fingerprint density at radius 2 is 2.33 bits per heavy atom. The van der Waals surface area contributed by atoms with Crippen molar-refractivity contribution in [1.82, 2.24) is 10.3 Å². The van der Waals surface area contributed by atoms with Gasteiger partial charge in [0.2, 0.25) is 0 Å². The lowest BCUT2D eigenvalue weighted by Crippen LogP contribution is -2.19. The summed E-state index contributed by atoms with van der Waals surface area (Å²) in [5.74, 6) is 0. The van der Waals surface area contributed by atoms with Gasteiger partial charge in [0.25, 0.3) is 0 Å². The van der Waals surface area contributed by atoms with E-state index in [-0.39, 0.29) is 0 Å². The van der Waals surface area contributed by atoms with Gasteiger partial charge >= 0.3 is 0 Å². The van der Waals surface area contributed by atoms with Crippen molar-refractivity contribution < 1.29 is 4.74 Å². The number of aryl methyl sites for hydroxylation is 1. The minimum Gasteiger partial charge on any atom is -0.380 e. The first-order valence-electron chi connectivity index (χ1n) is 5.52. The summed E-state index contributed by atoms with van der Waals surface area (Å²) in [5, 5.41) is 6.55. The van der Waals surface area contributed by atoms with E-state index in [0.29, 0.717) is 0 Å². The van der Waals surface area contributed by atoms with Gasteiger partial charge in [0, 0.05) is 30.8 Å². The van der Waals surface area contributed by atoms with Crippen LogP contribution >= 0.6 is 11.3 Å². The minimum absolute atomic E-state index is 0.796. The lowest BCUT2D eigenvalue weighted by molar-refractivity contribution is 0.133. The Hall–Kier alpha value is -0.450. The third-order valence-corrected chi connectivity index (χ3v) is 2.97. The quantitative estimate of drug-likeness (QED) is 0.694. The number of hydrogen-bond donors (Lipinski definition) is 1. The van der Waals surface area contributed by atoms with Gasteiger partial charge in [0.1, 0.15) is 5.01 Å². The van der Waals surface area contributed by atoms with Crippen LogP contribution in [-0.2, 0) is 11.3 Å². The molecule has 1 rings (SSSR count). The minimum atomic E-state index is 0.796. The van der Waals surface area contributed by atoms with Crippen LogP contribution in [0.15, 0.2) is 5.38 Å². The summed E-state index contributed by atoms with van der Waals surface area (Å²) < 4.78 is 5.44. The first-order chi connectivity index (χ1) is 7.33. The number of ether oxygens (including phenoxy) is 1. The first kappa shape index (κ1) is 12.6. The maximum Gasteiger partial charge on any atom is 0.107 e. The van der Waals surface area contributed by atoms with E-state index < -0.39 is 0 Å². The van der Waals surface area contributed by atoms with Crippen molar-refractivity contribution in [2.24, 2.45) is 0 Å². The number of unbranched alkanes of at least 4 members (excludes halogenated alkanes) is 1. The van der Waals surface area contributed by atoms with Gasteiger partial charge in [-0.05, 0) is 13.3 Å². The molecular weight excluding hydrogens is 208 g/mol. The van der Waals surface area contributed by atoms with Crippen LogP contribution < -0.4 is 5.32 Å². The van der Waals surface area contributed by atoms with E-state index in [0.717, 1.165) is 43.4 Å². The Labute approximate surface area is 95.9 Å². The van der Waals surface area contributed by atoms with Crippen LogP contribution in [0.1, 0.15) is 30.5 Å². The number of nitrogens with zero attached hydrogens (tertiary/aromatic N) is 1. The average Bonchev–Trinajstić information content (AvgIpc) is 2.63. The van der Waals surface area contributed by atoms with Gasteiger partial charge in [0.05, 0.1) is 6.61 Å². The van der Waals surface area contributed by atoms with E-state index in [4.69, 9.17) is 4.74 Å². The molecule has 0 unspecified atom stereocenters. The molecule has 0 aliphatic rings. The molecule has 0 spiro atoms. The fourth-order valence-electron chi connectivity index (χ4n) is 1.17. The van der Waals surface area contributed by atoms with Gasteiger partial charge in [-0.3, -0.25) is 0 Å². The summed E-state index contributed by atoms with van der Waals surface area (Å²) >= 11 is 1.71. The van der Waals surface area contributed by atoms with Crippen molar-refractivity contribution in [3.05, 3.63) is 16.1 Å². The van der Waals surface area contributed by atoms with Gasteiger partial charge < -0.3 is 10.1 Å². The van der Waals surface area contributed by atoms with Crippen LogP contribution in [0.4, 0.5) is 0 Å². The molecule has 0 bridgehead atoms. The van der Waals surface area contributed by atoms with Gasteiger partial charge in [-0.1, -0.05) is 13.3 Å². The second kappa shape index (κ2) is 7.79. The summed E-state index contributed by atoms with van der Waals surface area (Å²) in [7, 11) is 0. The fourth-order valence-corrected chi connectivity index (χ4v) is 1.91. The molecule has 0 saturated carbocycles. The highest BCUT2D eigenvalue weighted by Gasteiger charge is 1.96. The highest BCUT2D eigenvalue weighted by Crippen LogP contribution is 2.07. The normalized spacial score (nSPS) is 10.8. The number of nitrogens with one attached hydrogen (secondary N) is 1. The molecule has 1 aromatic heterocycles. The first-order valence-corrected chi connectivity index (χ1v) is 6.40. The molecule has 0 aromatic carbocycles. The standard InChI is InChI=1S/C11H20N2OS/c1-3-4-6-14-7-5-12-8-11-13-10(2)9-15-11/h9,12H,3-8H2,1-2H3. The molecule has 0 amide bonds. The van der Waals surface area contributed by atoms with Gasteiger partial charge in [-0.25, -0.2) is 4.98 Å². The zero-order valence-electron chi connectivity index (χ0n) is 9.58. The van der Waals surface area contributed by atoms with Crippen molar-refractivity contribution in [2.45, 2.75) is 33.2 Å². The predicted octanol–water partition coefficient (Wildman–Crippen LogP) is 2.36. The summed E-state index contributed by atoms with van der Waals surface area (Å²) in [4.78, 5) is 4.37. The molecule has 0 saturated heterocycles. The van der Waals surface area contributed by atoms with E-state index in [2.05, 4.69) is 22.6 Å². The Morgan fingerprint density at radius 1 is 1.47 bits per heavy atom. The molecule has 4 heteroatoms. The van der Waals surface area contributed by atoms with Crippen LogP contribution in [0, 0.1) is 6.92 Å². The lowest BCUT2D eigenvalue weighted by Gasteiger charge is -2.03. The van der Waals surface area contributed by atoms with Gasteiger partial charge in [-0.15, -0.1) is 11.3 Å². The highest BCUT2D eigenvalue weighted by molar-refractivity contribution is 7.09. The summed E-state index contributed by atoms with van der Waals surface area (Å²) in [5.41, 5.74) is 1.11. The summed E-state index contributed by atoms with van der Waals surface area (Å²) in [6.45, 7) is 7.64. The van der Waals surface area contributed by atoms with Crippen LogP contribution in [0.3, 0.4) is 0 Å². The maximum atomic E-state index is 5.44. The molecule has 1 aromatic rings. The van der Waals surface area contributed by atoms with Crippen LogP contribution in [0.5, 0.6) is 0 Å². The summed E-state index contributed by atoms with van der Waals surface area (Å²) in [6, 6.07) is 0. The molecule has 15 heavy (non-hydrogen) atoms. The third kappa shape index (κ3) is 5.87. The Morgan fingerprint density at radius 3 is 3.00 bits per heavy atom. The zero-order chi connectivity index (χ0) is 10.9. The summed E-state index contributed by atoms with van der Waals surface area (Å²) in [6.07, 6.45) is 2.36. The van der Waals surface area contributed by atoms with Crippen molar-refractivity contribution in [3.63, 3.8) is 0 Å². The Balaban J connectivity index is 1.93. The topological polar surface area (TPSA) is 34.1 Å². The number of hydrogen-bond acceptors (Lipinski definition) is 4. The number of aromatic nitrogens is 1. The molecule has 1 heterocycles. The zero-order valence-corrected chi connectivity index (χ0v) is 10.4. The molecule has 1 N–H and O–H groups in total. The van der Waals surface area contributed by atoms with E-state index in [9.17, 15) is 0 Å². The Bertz CT molecular complexity index is 263. The molecule has 3 nitrogen and oxygen atoms in total. The van der Waals surface area contributed by atoms with Crippen molar-refractivity contribution in [3.8, 4) is 0 Å². The molecule has 0 radical (unpaired) electrons. The molecular formula is C11H20N2OS. The van der Waals surface area contributed by atoms with Crippen molar-refractivity contribution >= 4 is 11.3 Å². The second-order valence-corrected chi connectivity index (χ2v) is 4.47. The molecule has 0 aliphatic heterocycles. The monoisotopic (exact) mass is 228 g/mol. The molecule has 86 valence electrons. The number of rotatable bonds is 8. The van der Waals surface area contributed by atoms with Gasteiger partial charge in [-0.2, -0.15) is 0 Å². The molecule has 0 atom stereocenters. The smallest absolute Gasteiger partial charge is 0.107 e. The second-order valence-electron chi connectivity index (χ2n) is 3.53. The van der Waals surface area contributed by atoms with E-state index in [1.807, 2.05) is 6.92 Å². The molecule has 0 fully saturated rings. The van der Waals surface area contributed by atoms with Crippen LogP contribution in [-0.4, -0.2) is 24.7 Å². The van der Waals surface area contributed by atoms with E-state index in [1.165, 1.54) is 6.42 Å². The number of thiazole rings is 1. The largest absolute Gasteiger partial charge is 0.380 e. The molecule has 0 aliphatic carbocycles.